The lowest BCUT2D eigenvalue weighted by Gasteiger charge is -2.27. The maximum Gasteiger partial charge on any atom is 0.307 e. The number of aromatic nitrogens is 3. The second kappa shape index (κ2) is 10.8. The zero-order valence-corrected chi connectivity index (χ0v) is 23.1. The largest absolute Gasteiger partial charge is 0.489 e. The van der Waals surface area contributed by atoms with E-state index >= 15 is 0 Å². The van der Waals surface area contributed by atoms with Gasteiger partial charge in [-0.1, -0.05) is 43.3 Å². The predicted molar refractivity (Wildman–Crippen MR) is 148 cm³/mol. The van der Waals surface area contributed by atoms with Gasteiger partial charge in [0.15, 0.2) is 0 Å². The number of nitrogens with zero attached hydrogens (tertiary/aromatic N) is 4. The molecular formula is C31H35FN4O3. The molecule has 0 amide bonds. The normalized spacial score (nSPS) is 17.3. The Morgan fingerprint density at radius 1 is 1.18 bits per heavy atom. The number of fused-ring (bicyclic) bond motifs is 2. The third-order valence-electron chi connectivity index (χ3n) is 8.06. The van der Waals surface area contributed by atoms with E-state index in [-0.39, 0.29) is 17.8 Å². The lowest BCUT2D eigenvalue weighted by atomic mass is 9.79. The third-order valence-corrected chi connectivity index (χ3v) is 8.06. The van der Waals surface area contributed by atoms with Crippen molar-refractivity contribution in [2.75, 3.05) is 6.54 Å². The van der Waals surface area contributed by atoms with Gasteiger partial charge in [0.1, 0.15) is 23.2 Å². The number of benzene rings is 3. The number of halogens is 1. The van der Waals surface area contributed by atoms with Crippen LogP contribution in [0.3, 0.4) is 0 Å². The monoisotopic (exact) mass is 530 g/mol. The van der Waals surface area contributed by atoms with E-state index in [0.717, 1.165) is 56.6 Å². The van der Waals surface area contributed by atoms with Crippen LogP contribution in [0.4, 0.5) is 4.39 Å². The Hall–Kier alpha value is -3.78. The fourth-order valence-corrected chi connectivity index (χ4v) is 5.69. The molecule has 1 aromatic heterocycles. The quantitative estimate of drug-likeness (QED) is 0.328. The lowest BCUT2D eigenvalue weighted by Crippen LogP contribution is -2.32. The molecule has 1 aliphatic heterocycles. The van der Waals surface area contributed by atoms with Crippen LogP contribution in [0, 0.1) is 25.6 Å². The van der Waals surface area contributed by atoms with Gasteiger partial charge in [0.2, 0.25) is 0 Å². The molecule has 1 N–H and O–H groups in total. The van der Waals surface area contributed by atoms with E-state index < -0.39 is 11.9 Å². The van der Waals surface area contributed by atoms with Gasteiger partial charge in [-0.05, 0) is 72.4 Å². The Morgan fingerprint density at radius 2 is 1.97 bits per heavy atom. The maximum atomic E-state index is 14.1. The molecule has 0 saturated heterocycles. The van der Waals surface area contributed by atoms with Gasteiger partial charge in [-0.2, -0.15) is 0 Å². The molecule has 204 valence electrons. The first-order valence-corrected chi connectivity index (χ1v) is 13.4. The molecule has 2 heterocycles. The van der Waals surface area contributed by atoms with E-state index in [1.165, 1.54) is 6.07 Å². The number of ether oxygens (including phenoxy) is 1. The molecular weight excluding hydrogens is 495 g/mol. The molecule has 5 rings (SSSR count). The van der Waals surface area contributed by atoms with Gasteiger partial charge >= 0.3 is 5.97 Å². The minimum atomic E-state index is -0.852. The molecule has 0 radical (unpaired) electrons. The number of hydrogen-bond donors (Lipinski definition) is 1. The average molecular weight is 531 g/mol. The first kappa shape index (κ1) is 26.8. The first-order valence-electron chi connectivity index (χ1n) is 13.4. The lowest BCUT2D eigenvalue weighted by molar-refractivity contribution is -0.141. The van der Waals surface area contributed by atoms with Gasteiger partial charge < -0.3 is 9.84 Å². The topological polar surface area (TPSA) is 80.5 Å². The van der Waals surface area contributed by atoms with E-state index in [4.69, 9.17) is 4.74 Å². The van der Waals surface area contributed by atoms with Crippen molar-refractivity contribution in [3.63, 3.8) is 0 Å². The summed E-state index contributed by atoms with van der Waals surface area (Å²) in [6, 6.07) is 14.9. The summed E-state index contributed by atoms with van der Waals surface area (Å²) in [5.41, 5.74) is 7.59. The van der Waals surface area contributed by atoms with E-state index in [1.54, 1.807) is 23.7 Å². The van der Waals surface area contributed by atoms with Crippen molar-refractivity contribution in [3.05, 3.63) is 87.7 Å². The second-order valence-corrected chi connectivity index (χ2v) is 10.7. The fourth-order valence-electron chi connectivity index (χ4n) is 5.69. The van der Waals surface area contributed by atoms with E-state index in [9.17, 15) is 14.3 Å². The molecule has 0 spiro atoms. The van der Waals surface area contributed by atoms with Crippen molar-refractivity contribution in [1.29, 1.82) is 0 Å². The summed E-state index contributed by atoms with van der Waals surface area (Å²) in [6.45, 7) is 9.85. The van der Waals surface area contributed by atoms with Crippen molar-refractivity contribution in [2.24, 2.45) is 13.0 Å². The fraction of sp³-hybridized carbons (Fsp3) is 0.387. The summed E-state index contributed by atoms with van der Waals surface area (Å²) in [4.78, 5) is 14.6. The van der Waals surface area contributed by atoms with Gasteiger partial charge in [-0.3, -0.25) is 9.69 Å². The first-order chi connectivity index (χ1) is 18.7. The highest BCUT2D eigenvalue weighted by atomic mass is 19.1. The summed E-state index contributed by atoms with van der Waals surface area (Å²) in [7, 11) is 1.85. The summed E-state index contributed by atoms with van der Waals surface area (Å²) < 4.78 is 22.0. The van der Waals surface area contributed by atoms with Gasteiger partial charge in [0.05, 0.1) is 11.4 Å². The molecule has 7 nitrogen and oxygen atoms in total. The number of carboxylic acids is 1. The summed E-state index contributed by atoms with van der Waals surface area (Å²) in [5.74, 6) is -1.40. The van der Waals surface area contributed by atoms with Crippen molar-refractivity contribution in [1.82, 2.24) is 19.9 Å². The molecule has 0 fully saturated rings. The Balaban J connectivity index is 1.53. The van der Waals surface area contributed by atoms with Crippen LogP contribution in [-0.2, 0) is 24.9 Å². The number of aryl methyl sites for hydroxylation is 3. The van der Waals surface area contributed by atoms with Gasteiger partial charge in [0, 0.05) is 38.2 Å². The van der Waals surface area contributed by atoms with Crippen LogP contribution in [0.25, 0.3) is 11.0 Å². The highest BCUT2D eigenvalue weighted by Gasteiger charge is 2.30. The molecule has 1 aliphatic rings. The van der Waals surface area contributed by atoms with Crippen LogP contribution < -0.4 is 4.74 Å². The number of aliphatic carboxylic acids is 1. The van der Waals surface area contributed by atoms with Gasteiger partial charge in [0.25, 0.3) is 0 Å². The van der Waals surface area contributed by atoms with Crippen LogP contribution in [0.2, 0.25) is 0 Å². The molecule has 8 heteroatoms. The van der Waals surface area contributed by atoms with Crippen LogP contribution in [0.15, 0.2) is 48.5 Å². The molecule has 3 atom stereocenters. The standard InChI is InChI=1S/C31H35FN4O3/c1-6-25-17-36(16-23-14-24(32)9-12-28(23)39-25)15-22-13-21(8-7-18(22)2)29(20(4)31(37)38)26-10-11-27-30(19(26)3)33-34-35(27)5/h7-14,20,25,29H,6,15-17H2,1-5H3,(H,37,38)/t20?,25-,29-/m1/s1. The zero-order chi connectivity index (χ0) is 27.8. The minimum Gasteiger partial charge on any atom is -0.489 e. The summed E-state index contributed by atoms with van der Waals surface area (Å²) >= 11 is 0. The van der Waals surface area contributed by atoms with Crippen LogP contribution >= 0.6 is 0 Å². The van der Waals surface area contributed by atoms with Crippen molar-refractivity contribution in [2.45, 2.75) is 59.2 Å². The van der Waals surface area contributed by atoms with Crippen LogP contribution in [0.5, 0.6) is 5.75 Å². The zero-order valence-electron chi connectivity index (χ0n) is 23.1. The molecule has 0 saturated carbocycles. The van der Waals surface area contributed by atoms with E-state index in [1.807, 2.05) is 32.2 Å². The highest BCUT2D eigenvalue weighted by molar-refractivity contribution is 5.80. The number of rotatable bonds is 7. The number of hydrogen-bond acceptors (Lipinski definition) is 5. The Morgan fingerprint density at radius 3 is 2.72 bits per heavy atom. The van der Waals surface area contributed by atoms with Crippen molar-refractivity contribution in [3.8, 4) is 5.75 Å². The Kier molecular flexibility index (Phi) is 7.40. The summed E-state index contributed by atoms with van der Waals surface area (Å²) in [6.07, 6.45) is 0.843. The number of carboxylic acid groups (broad SMARTS) is 1. The van der Waals surface area contributed by atoms with Gasteiger partial charge in [-0.15, -0.1) is 5.10 Å². The van der Waals surface area contributed by atoms with Gasteiger partial charge in [-0.25, -0.2) is 9.07 Å². The smallest absolute Gasteiger partial charge is 0.307 e. The third kappa shape index (κ3) is 5.26. The molecule has 39 heavy (non-hydrogen) atoms. The molecule has 1 unspecified atom stereocenters. The second-order valence-electron chi connectivity index (χ2n) is 10.7. The van der Waals surface area contributed by atoms with Crippen LogP contribution in [0.1, 0.15) is 59.6 Å². The molecule has 0 bridgehead atoms. The van der Waals surface area contributed by atoms with Crippen molar-refractivity contribution < 1.29 is 19.0 Å². The molecule has 4 aromatic rings. The predicted octanol–water partition coefficient (Wildman–Crippen LogP) is 5.75. The minimum absolute atomic E-state index is 0.00124. The average Bonchev–Trinajstić information content (AvgIpc) is 3.19. The SMILES string of the molecule is CC[C@@H]1CN(Cc2cc([C@H](c3ccc4c(nnn4C)c3C)C(C)C(=O)O)ccc2C)Cc2cc(F)ccc2O1. The maximum absolute atomic E-state index is 14.1. The van der Waals surface area contributed by atoms with Crippen molar-refractivity contribution >= 4 is 17.0 Å². The highest BCUT2D eigenvalue weighted by Crippen LogP contribution is 2.37. The molecule has 3 aromatic carbocycles. The van der Waals surface area contributed by atoms with E-state index in [2.05, 4.69) is 41.2 Å². The Bertz CT molecular complexity index is 1530. The summed E-state index contributed by atoms with van der Waals surface area (Å²) in [5, 5.41) is 18.6. The molecule has 0 aliphatic carbocycles. The van der Waals surface area contributed by atoms with E-state index in [0.29, 0.717) is 19.6 Å². The Labute approximate surface area is 228 Å². The number of carbonyl (C=O) groups is 1. The van der Waals surface area contributed by atoms with Crippen LogP contribution in [-0.4, -0.2) is 43.6 Å².